The van der Waals surface area contributed by atoms with Crippen molar-refractivity contribution in [3.8, 4) is 0 Å². The van der Waals surface area contributed by atoms with E-state index in [1.165, 1.54) is 19.1 Å². The van der Waals surface area contributed by atoms with Crippen molar-refractivity contribution >= 4 is 29.5 Å². The van der Waals surface area contributed by atoms with E-state index in [0.29, 0.717) is 5.56 Å². The molecule has 4 amide bonds. The molecule has 9 heteroatoms. The standard InChI is InChI=1S/C16H18FN3O5/c1-8-3-4-11(10(17)7-8)18-14(22)9(2)25-13(21)6-5-12-15(23)20-16(24)19-12/h3-4,7,9,12H,5-6H2,1-2H3,(H,18,22)(H2,19,20,23,24)/t9-,12+/m0/s1. The Morgan fingerprint density at radius 1 is 1.36 bits per heavy atom. The number of urea groups is 1. The minimum Gasteiger partial charge on any atom is -0.453 e. The maximum absolute atomic E-state index is 13.7. The Morgan fingerprint density at radius 3 is 2.68 bits per heavy atom. The van der Waals surface area contributed by atoms with E-state index in [-0.39, 0.29) is 18.5 Å². The third-order valence-electron chi connectivity index (χ3n) is 3.56. The number of hydrogen-bond acceptors (Lipinski definition) is 5. The molecule has 0 unspecified atom stereocenters. The molecule has 1 fully saturated rings. The summed E-state index contributed by atoms with van der Waals surface area (Å²) in [4.78, 5) is 46.0. The van der Waals surface area contributed by atoms with Gasteiger partial charge in [0.1, 0.15) is 11.9 Å². The second-order valence-electron chi connectivity index (χ2n) is 5.66. The van der Waals surface area contributed by atoms with E-state index < -0.39 is 41.8 Å². The van der Waals surface area contributed by atoms with E-state index in [0.717, 1.165) is 0 Å². The Kier molecular flexibility index (Phi) is 5.68. The zero-order valence-corrected chi connectivity index (χ0v) is 13.7. The van der Waals surface area contributed by atoms with Crippen molar-refractivity contribution in [2.24, 2.45) is 0 Å². The predicted molar refractivity (Wildman–Crippen MR) is 85.0 cm³/mol. The fraction of sp³-hybridized carbons (Fsp3) is 0.375. The van der Waals surface area contributed by atoms with Crippen LogP contribution in [0.2, 0.25) is 0 Å². The van der Waals surface area contributed by atoms with Crippen molar-refractivity contribution in [3.63, 3.8) is 0 Å². The Bertz CT molecular complexity index is 722. The molecule has 0 aromatic heterocycles. The first-order valence-electron chi connectivity index (χ1n) is 7.64. The molecule has 1 aliphatic rings. The number of benzene rings is 1. The number of imide groups is 1. The average Bonchev–Trinajstić information content (AvgIpc) is 2.85. The molecule has 0 bridgehead atoms. The second-order valence-corrected chi connectivity index (χ2v) is 5.66. The van der Waals surface area contributed by atoms with Gasteiger partial charge in [0.15, 0.2) is 6.10 Å². The predicted octanol–water partition coefficient (Wildman–Crippen LogP) is 0.993. The third kappa shape index (κ3) is 5.00. The van der Waals surface area contributed by atoms with Crippen LogP contribution in [0.1, 0.15) is 25.3 Å². The van der Waals surface area contributed by atoms with Gasteiger partial charge < -0.3 is 15.4 Å². The minimum atomic E-state index is -1.14. The number of amides is 4. The van der Waals surface area contributed by atoms with Crippen molar-refractivity contribution in [1.29, 1.82) is 0 Å². The van der Waals surface area contributed by atoms with Crippen molar-refractivity contribution in [2.75, 3.05) is 5.32 Å². The van der Waals surface area contributed by atoms with E-state index in [4.69, 9.17) is 4.74 Å². The summed E-state index contributed by atoms with van der Waals surface area (Å²) in [7, 11) is 0. The van der Waals surface area contributed by atoms with E-state index in [2.05, 4.69) is 10.6 Å². The Morgan fingerprint density at radius 2 is 2.08 bits per heavy atom. The molecule has 8 nitrogen and oxygen atoms in total. The number of esters is 1. The van der Waals surface area contributed by atoms with Crippen LogP contribution >= 0.6 is 0 Å². The van der Waals surface area contributed by atoms with Gasteiger partial charge in [-0.1, -0.05) is 6.07 Å². The van der Waals surface area contributed by atoms with Gasteiger partial charge in [-0.3, -0.25) is 19.7 Å². The first-order chi connectivity index (χ1) is 11.8. The Hall–Kier alpha value is -2.97. The topological polar surface area (TPSA) is 114 Å². The molecule has 0 saturated carbocycles. The van der Waals surface area contributed by atoms with Crippen molar-refractivity contribution in [3.05, 3.63) is 29.6 Å². The molecular formula is C16H18FN3O5. The zero-order valence-electron chi connectivity index (χ0n) is 13.7. The van der Waals surface area contributed by atoms with Crippen LogP contribution in [-0.4, -0.2) is 36.0 Å². The zero-order chi connectivity index (χ0) is 18.6. The molecule has 1 saturated heterocycles. The molecular weight excluding hydrogens is 333 g/mol. The fourth-order valence-corrected chi connectivity index (χ4v) is 2.19. The molecule has 1 aromatic rings. The normalized spacial score (nSPS) is 17.5. The number of carbonyl (C=O) groups excluding carboxylic acids is 4. The van der Waals surface area contributed by atoms with Crippen LogP contribution in [0.25, 0.3) is 0 Å². The summed E-state index contributed by atoms with van der Waals surface area (Å²) >= 11 is 0. The van der Waals surface area contributed by atoms with E-state index in [1.54, 1.807) is 13.0 Å². The number of rotatable bonds is 6. The molecule has 2 atom stereocenters. The molecule has 1 heterocycles. The SMILES string of the molecule is Cc1ccc(NC(=O)[C@H](C)OC(=O)CC[C@H]2NC(=O)NC2=O)c(F)c1. The highest BCUT2D eigenvalue weighted by Crippen LogP contribution is 2.16. The van der Waals surface area contributed by atoms with Crippen LogP contribution in [-0.2, 0) is 19.1 Å². The van der Waals surface area contributed by atoms with Gasteiger partial charge >= 0.3 is 12.0 Å². The van der Waals surface area contributed by atoms with Crippen LogP contribution < -0.4 is 16.0 Å². The number of ether oxygens (including phenoxy) is 1. The third-order valence-corrected chi connectivity index (χ3v) is 3.56. The number of halogens is 1. The van der Waals surface area contributed by atoms with Gasteiger partial charge in [0.25, 0.3) is 11.8 Å². The average molecular weight is 351 g/mol. The van der Waals surface area contributed by atoms with Crippen molar-refractivity contribution in [2.45, 2.75) is 38.8 Å². The lowest BCUT2D eigenvalue weighted by Crippen LogP contribution is -2.32. The van der Waals surface area contributed by atoms with Crippen LogP contribution in [0.5, 0.6) is 0 Å². The number of aryl methyl sites for hydroxylation is 1. The first-order valence-corrected chi connectivity index (χ1v) is 7.64. The molecule has 0 aliphatic carbocycles. The highest BCUT2D eigenvalue weighted by Gasteiger charge is 2.30. The number of hydrogen-bond donors (Lipinski definition) is 3. The Balaban J connectivity index is 1.80. The maximum atomic E-state index is 13.7. The van der Waals surface area contributed by atoms with E-state index >= 15 is 0 Å². The summed E-state index contributed by atoms with van der Waals surface area (Å²) in [6, 6.07) is 2.91. The number of anilines is 1. The molecule has 25 heavy (non-hydrogen) atoms. The smallest absolute Gasteiger partial charge is 0.322 e. The van der Waals surface area contributed by atoms with Crippen molar-refractivity contribution < 1.29 is 28.3 Å². The summed E-state index contributed by atoms with van der Waals surface area (Å²) in [5.74, 6) is -2.49. The highest BCUT2D eigenvalue weighted by molar-refractivity contribution is 6.04. The lowest BCUT2D eigenvalue weighted by Gasteiger charge is -2.14. The van der Waals surface area contributed by atoms with Gasteiger partial charge in [-0.2, -0.15) is 0 Å². The monoisotopic (exact) mass is 351 g/mol. The molecule has 2 rings (SSSR count). The first kappa shape index (κ1) is 18.4. The summed E-state index contributed by atoms with van der Waals surface area (Å²) in [6.07, 6.45) is -1.24. The van der Waals surface area contributed by atoms with Gasteiger partial charge in [-0.15, -0.1) is 0 Å². The lowest BCUT2D eigenvalue weighted by atomic mass is 10.1. The van der Waals surface area contributed by atoms with Gasteiger partial charge in [0, 0.05) is 6.42 Å². The molecule has 0 radical (unpaired) electrons. The molecule has 3 N–H and O–H groups in total. The van der Waals surface area contributed by atoms with E-state index in [1.807, 2.05) is 5.32 Å². The summed E-state index contributed by atoms with van der Waals surface area (Å²) in [5.41, 5.74) is 0.696. The molecule has 1 aliphatic heterocycles. The van der Waals surface area contributed by atoms with Gasteiger partial charge in [0.05, 0.1) is 5.69 Å². The van der Waals surface area contributed by atoms with Gasteiger partial charge in [-0.05, 0) is 38.0 Å². The van der Waals surface area contributed by atoms with Gasteiger partial charge in [-0.25, -0.2) is 9.18 Å². The van der Waals surface area contributed by atoms with E-state index in [9.17, 15) is 23.6 Å². The summed E-state index contributed by atoms with van der Waals surface area (Å²) in [6.45, 7) is 3.06. The largest absolute Gasteiger partial charge is 0.453 e. The van der Waals surface area contributed by atoms with Crippen LogP contribution in [0, 0.1) is 12.7 Å². The molecule has 0 spiro atoms. The molecule has 134 valence electrons. The van der Waals surface area contributed by atoms with Crippen molar-refractivity contribution in [1.82, 2.24) is 10.6 Å². The summed E-state index contributed by atoms with van der Waals surface area (Å²) < 4.78 is 18.7. The number of nitrogens with one attached hydrogen (secondary N) is 3. The maximum Gasteiger partial charge on any atom is 0.322 e. The number of carbonyl (C=O) groups is 4. The highest BCUT2D eigenvalue weighted by atomic mass is 19.1. The molecule has 1 aromatic carbocycles. The quantitative estimate of drug-likeness (QED) is 0.522. The second kappa shape index (κ2) is 7.73. The van der Waals surface area contributed by atoms with Crippen LogP contribution in [0.4, 0.5) is 14.9 Å². The van der Waals surface area contributed by atoms with Gasteiger partial charge in [0.2, 0.25) is 0 Å². The van der Waals surface area contributed by atoms with Crippen LogP contribution in [0.3, 0.4) is 0 Å². The Labute approximate surface area is 143 Å². The fourth-order valence-electron chi connectivity index (χ4n) is 2.19. The lowest BCUT2D eigenvalue weighted by molar-refractivity contribution is -0.153. The summed E-state index contributed by atoms with van der Waals surface area (Å²) in [5, 5.41) is 6.74. The van der Waals surface area contributed by atoms with Crippen LogP contribution in [0.15, 0.2) is 18.2 Å². The minimum absolute atomic E-state index is 0.0103.